The molecular formula is C12H13BrIN7. The lowest BCUT2D eigenvalue weighted by molar-refractivity contribution is 0.448. The van der Waals surface area contributed by atoms with Crippen molar-refractivity contribution in [2.45, 2.75) is 6.04 Å². The largest absolute Gasteiger partial charge is 0.350 e. The molecule has 0 spiro atoms. The van der Waals surface area contributed by atoms with Crippen LogP contribution in [0.4, 0.5) is 5.82 Å². The van der Waals surface area contributed by atoms with Gasteiger partial charge in [0.1, 0.15) is 6.33 Å². The minimum absolute atomic E-state index is 0. The summed E-state index contributed by atoms with van der Waals surface area (Å²) in [6.45, 7) is 1.85. The van der Waals surface area contributed by atoms with Crippen molar-refractivity contribution in [3.05, 3.63) is 23.1 Å². The number of pyridine rings is 1. The Morgan fingerprint density at radius 3 is 2.95 bits per heavy atom. The van der Waals surface area contributed by atoms with Crippen LogP contribution in [-0.4, -0.2) is 50.7 Å². The molecule has 4 rings (SSSR count). The Morgan fingerprint density at radius 2 is 2.19 bits per heavy atom. The molecule has 3 aromatic rings. The highest BCUT2D eigenvalue weighted by Crippen LogP contribution is 2.26. The Morgan fingerprint density at radius 1 is 1.38 bits per heavy atom. The van der Waals surface area contributed by atoms with Crippen LogP contribution < -0.4 is 10.2 Å². The van der Waals surface area contributed by atoms with Gasteiger partial charge in [-0.1, -0.05) is 0 Å². The summed E-state index contributed by atoms with van der Waals surface area (Å²) in [7, 11) is 1.97. The number of hydrogen-bond donors (Lipinski definition) is 1. The van der Waals surface area contributed by atoms with Crippen molar-refractivity contribution in [1.82, 2.24) is 29.9 Å². The number of nitrogens with zero attached hydrogens (tertiary/aromatic N) is 6. The van der Waals surface area contributed by atoms with Crippen LogP contribution in [0.3, 0.4) is 0 Å². The second-order valence-corrected chi connectivity index (χ2v) is 5.76. The molecule has 1 aliphatic heterocycles. The maximum atomic E-state index is 4.65. The van der Waals surface area contributed by atoms with Crippen molar-refractivity contribution in [1.29, 1.82) is 0 Å². The molecule has 0 bridgehead atoms. The first-order chi connectivity index (χ1) is 9.76. The summed E-state index contributed by atoms with van der Waals surface area (Å²) in [5.74, 6) is 0.844. The van der Waals surface area contributed by atoms with Gasteiger partial charge < -0.3 is 10.2 Å². The molecule has 1 N–H and O–H groups in total. The van der Waals surface area contributed by atoms with Crippen LogP contribution >= 0.6 is 39.9 Å². The number of rotatable bonds is 2. The summed E-state index contributed by atoms with van der Waals surface area (Å²) >= 11 is 3.43. The Bertz CT molecular complexity index is 799. The van der Waals surface area contributed by atoms with E-state index in [9.17, 15) is 0 Å². The van der Waals surface area contributed by atoms with E-state index in [4.69, 9.17) is 0 Å². The van der Waals surface area contributed by atoms with Crippen LogP contribution in [0, 0.1) is 0 Å². The first kappa shape index (κ1) is 14.9. The van der Waals surface area contributed by atoms with Gasteiger partial charge in [0.25, 0.3) is 0 Å². The van der Waals surface area contributed by atoms with Gasteiger partial charge in [-0.15, -0.1) is 34.2 Å². The van der Waals surface area contributed by atoms with Crippen LogP contribution in [-0.2, 0) is 0 Å². The number of aromatic nitrogens is 5. The third kappa shape index (κ3) is 2.36. The highest BCUT2D eigenvalue weighted by molar-refractivity contribution is 14.0. The van der Waals surface area contributed by atoms with Crippen LogP contribution in [0.15, 0.2) is 23.1 Å². The van der Waals surface area contributed by atoms with Crippen molar-refractivity contribution in [2.24, 2.45) is 0 Å². The maximum Gasteiger partial charge on any atom is 0.204 e. The summed E-state index contributed by atoms with van der Waals surface area (Å²) in [6, 6.07) is 2.48. The average Bonchev–Trinajstić information content (AvgIpc) is 2.87. The van der Waals surface area contributed by atoms with Gasteiger partial charge >= 0.3 is 0 Å². The van der Waals surface area contributed by atoms with Gasteiger partial charge in [-0.05, 0) is 29.0 Å². The lowest BCUT2D eigenvalue weighted by Gasteiger charge is -2.39. The maximum absolute atomic E-state index is 4.65. The molecule has 0 unspecified atom stereocenters. The molecule has 3 aromatic heterocycles. The first-order valence-corrected chi connectivity index (χ1v) is 7.13. The van der Waals surface area contributed by atoms with E-state index >= 15 is 0 Å². The minimum atomic E-state index is 0. The number of likely N-dealkylation sites (N-methyl/N-ethyl adjacent to an activating group) is 1. The number of nitrogens with one attached hydrogen (secondary N) is 1. The SMILES string of the molecule is CNC1CN(c2nc3ncc(Br)cc3n3cnnc23)C1.I. The van der Waals surface area contributed by atoms with Crippen molar-refractivity contribution >= 4 is 62.5 Å². The molecule has 4 heterocycles. The van der Waals surface area contributed by atoms with Crippen molar-refractivity contribution in [2.75, 3.05) is 25.0 Å². The van der Waals surface area contributed by atoms with Crippen molar-refractivity contribution in [3.8, 4) is 0 Å². The highest BCUT2D eigenvalue weighted by Gasteiger charge is 2.29. The Balaban J connectivity index is 0.00000132. The number of anilines is 1. The summed E-state index contributed by atoms with van der Waals surface area (Å²) in [4.78, 5) is 11.2. The summed E-state index contributed by atoms with van der Waals surface area (Å²) < 4.78 is 2.84. The number of fused-ring (bicyclic) bond motifs is 3. The Labute approximate surface area is 146 Å². The predicted molar refractivity (Wildman–Crippen MR) is 94.3 cm³/mol. The zero-order chi connectivity index (χ0) is 13.7. The second-order valence-electron chi connectivity index (χ2n) is 4.85. The molecule has 1 saturated heterocycles. The summed E-state index contributed by atoms with van der Waals surface area (Å²) in [6.07, 6.45) is 3.45. The lowest BCUT2D eigenvalue weighted by Crippen LogP contribution is -2.57. The number of hydrogen-bond acceptors (Lipinski definition) is 6. The van der Waals surface area contributed by atoms with Crippen molar-refractivity contribution in [3.63, 3.8) is 0 Å². The monoisotopic (exact) mass is 461 g/mol. The van der Waals surface area contributed by atoms with Crippen LogP contribution in [0.1, 0.15) is 0 Å². The molecule has 0 aliphatic carbocycles. The van der Waals surface area contributed by atoms with Crippen LogP contribution in [0.5, 0.6) is 0 Å². The standard InChI is InChI=1S/C12H12BrN7.HI/c1-14-8-4-19(5-8)11-12-18-16-6-20(12)9-2-7(13)3-15-10(9)17-11;/h2-3,6,8,14H,4-5H2,1H3;1H. The fourth-order valence-electron chi connectivity index (χ4n) is 2.45. The normalized spacial score (nSPS) is 15.2. The molecule has 0 amide bonds. The number of halogens is 2. The second kappa shape index (κ2) is 5.61. The van der Waals surface area contributed by atoms with E-state index in [1.54, 1.807) is 12.5 Å². The van der Waals surface area contributed by atoms with Gasteiger partial charge in [0.05, 0.1) is 5.52 Å². The van der Waals surface area contributed by atoms with Crippen LogP contribution in [0.25, 0.3) is 16.8 Å². The van der Waals surface area contributed by atoms with E-state index in [-0.39, 0.29) is 24.0 Å². The Kier molecular flexibility index (Phi) is 3.97. The molecule has 7 nitrogen and oxygen atoms in total. The van der Waals surface area contributed by atoms with Gasteiger partial charge in [0, 0.05) is 29.8 Å². The van der Waals surface area contributed by atoms with Gasteiger partial charge in [-0.3, -0.25) is 4.40 Å². The summed E-state index contributed by atoms with van der Waals surface area (Å²) in [5, 5.41) is 11.5. The predicted octanol–water partition coefficient (Wildman–Crippen LogP) is 1.46. The van der Waals surface area contributed by atoms with E-state index in [1.807, 2.05) is 17.5 Å². The molecular weight excluding hydrogens is 449 g/mol. The van der Waals surface area contributed by atoms with E-state index in [0.29, 0.717) is 11.7 Å². The zero-order valence-electron chi connectivity index (χ0n) is 11.2. The minimum Gasteiger partial charge on any atom is -0.350 e. The molecule has 0 saturated carbocycles. The lowest BCUT2D eigenvalue weighted by atomic mass is 10.1. The summed E-state index contributed by atoms with van der Waals surface area (Å²) in [5.41, 5.74) is 2.36. The quantitative estimate of drug-likeness (QED) is 0.582. The topological polar surface area (TPSA) is 71.2 Å². The van der Waals surface area contributed by atoms with E-state index in [2.05, 4.69) is 46.3 Å². The third-order valence-corrected chi connectivity index (χ3v) is 4.06. The fourth-order valence-corrected chi connectivity index (χ4v) is 2.76. The highest BCUT2D eigenvalue weighted by atomic mass is 127. The van der Waals surface area contributed by atoms with Gasteiger partial charge in [0.15, 0.2) is 11.5 Å². The molecule has 110 valence electrons. The smallest absolute Gasteiger partial charge is 0.204 e. The van der Waals surface area contributed by atoms with Crippen LogP contribution in [0.2, 0.25) is 0 Å². The van der Waals surface area contributed by atoms with Gasteiger partial charge in [0.2, 0.25) is 5.65 Å². The molecule has 0 radical (unpaired) electrons. The van der Waals surface area contributed by atoms with Gasteiger partial charge in [-0.25, -0.2) is 9.97 Å². The van der Waals surface area contributed by atoms with Gasteiger partial charge in [-0.2, -0.15) is 0 Å². The first-order valence-electron chi connectivity index (χ1n) is 6.33. The molecule has 21 heavy (non-hydrogen) atoms. The average molecular weight is 462 g/mol. The van der Waals surface area contributed by atoms with E-state index < -0.39 is 0 Å². The van der Waals surface area contributed by atoms with E-state index in [0.717, 1.165) is 34.5 Å². The zero-order valence-corrected chi connectivity index (χ0v) is 15.1. The molecule has 1 aliphatic rings. The van der Waals surface area contributed by atoms with E-state index in [1.165, 1.54) is 0 Å². The third-order valence-electron chi connectivity index (χ3n) is 3.62. The van der Waals surface area contributed by atoms with Crippen molar-refractivity contribution < 1.29 is 0 Å². The molecule has 0 aromatic carbocycles. The molecule has 0 atom stereocenters. The molecule has 9 heteroatoms. The molecule has 1 fully saturated rings. The Hall–Kier alpha value is -1.07. The fraction of sp³-hybridized carbons (Fsp3) is 0.333.